The molecule has 0 unspecified atom stereocenters. The highest BCUT2D eigenvalue weighted by Gasteiger charge is 2.23. The molecule has 178 valence electrons. The largest absolute Gasteiger partial charge is 0.486 e. The Morgan fingerprint density at radius 2 is 1.76 bits per heavy atom. The van der Waals surface area contributed by atoms with E-state index in [1.54, 1.807) is 39.0 Å². The van der Waals surface area contributed by atoms with Crippen molar-refractivity contribution in [1.29, 1.82) is 0 Å². The van der Waals surface area contributed by atoms with Crippen LogP contribution < -0.4 is 25.0 Å². The highest BCUT2D eigenvalue weighted by molar-refractivity contribution is 5.86. The SMILES string of the molecule is C[C@@H](NC(=O)OC(C)(C)C)C(=O)Oc1ccc2c(=O)c(-c3ccc4c(c3)OCCO4)coc2c1. The van der Waals surface area contributed by atoms with Crippen molar-refractivity contribution in [1.82, 2.24) is 5.32 Å². The number of hydrogen-bond acceptors (Lipinski definition) is 8. The molecule has 1 amide bonds. The molecule has 9 nitrogen and oxygen atoms in total. The van der Waals surface area contributed by atoms with Crippen molar-refractivity contribution in [3.05, 3.63) is 52.9 Å². The summed E-state index contributed by atoms with van der Waals surface area (Å²) in [6.45, 7) is 7.56. The summed E-state index contributed by atoms with van der Waals surface area (Å²) >= 11 is 0. The van der Waals surface area contributed by atoms with E-state index in [4.69, 9.17) is 23.4 Å². The van der Waals surface area contributed by atoms with Crippen LogP contribution in [0.15, 0.2) is 51.9 Å². The van der Waals surface area contributed by atoms with E-state index in [9.17, 15) is 14.4 Å². The Hall–Kier alpha value is -4.01. The van der Waals surface area contributed by atoms with Crippen LogP contribution in [-0.2, 0) is 9.53 Å². The number of nitrogens with one attached hydrogen (secondary N) is 1. The van der Waals surface area contributed by atoms with Gasteiger partial charge in [0.2, 0.25) is 0 Å². The topological polar surface area (TPSA) is 113 Å². The molecule has 0 spiro atoms. The maximum Gasteiger partial charge on any atom is 0.408 e. The third kappa shape index (κ3) is 5.14. The Kier molecular flexibility index (Phi) is 6.19. The number of rotatable bonds is 4. The minimum atomic E-state index is -0.949. The van der Waals surface area contributed by atoms with Crippen LogP contribution in [0, 0.1) is 0 Å². The summed E-state index contributed by atoms with van der Waals surface area (Å²) in [4.78, 5) is 37.3. The highest BCUT2D eigenvalue weighted by atomic mass is 16.6. The molecule has 1 atom stereocenters. The van der Waals surface area contributed by atoms with Crippen molar-refractivity contribution < 1.29 is 33.0 Å². The van der Waals surface area contributed by atoms with Gasteiger partial charge in [0.1, 0.15) is 42.5 Å². The van der Waals surface area contributed by atoms with Crippen molar-refractivity contribution in [3.63, 3.8) is 0 Å². The predicted octanol–water partition coefficient (Wildman–Crippen LogP) is 4.05. The molecule has 1 aliphatic rings. The van der Waals surface area contributed by atoms with Crippen LogP contribution in [0.3, 0.4) is 0 Å². The molecule has 0 saturated heterocycles. The summed E-state index contributed by atoms with van der Waals surface area (Å²) in [5.41, 5.74) is 0.324. The van der Waals surface area contributed by atoms with Crippen molar-refractivity contribution >= 4 is 23.0 Å². The van der Waals surface area contributed by atoms with Gasteiger partial charge in [0.25, 0.3) is 0 Å². The van der Waals surface area contributed by atoms with E-state index in [0.29, 0.717) is 41.2 Å². The third-order valence-corrected chi connectivity index (χ3v) is 4.90. The van der Waals surface area contributed by atoms with Gasteiger partial charge in [-0.25, -0.2) is 9.59 Å². The molecule has 9 heteroatoms. The average Bonchev–Trinajstić information content (AvgIpc) is 2.77. The minimum Gasteiger partial charge on any atom is -0.486 e. The number of esters is 1. The van der Waals surface area contributed by atoms with Gasteiger partial charge in [-0.3, -0.25) is 4.79 Å². The minimum absolute atomic E-state index is 0.172. The zero-order chi connectivity index (χ0) is 24.5. The van der Waals surface area contributed by atoms with Crippen LogP contribution in [0.25, 0.3) is 22.1 Å². The van der Waals surface area contributed by atoms with Crippen LogP contribution in [0.2, 0.25) is 0 Å². The molecule has 1 aliphatic heterocycles. The molecule has 2 heterocycles. The fraction of sp³-hybridized carbons (Fsp3) is 0.320. The van der Waals surface area contributed by atoms with Gasteiger partial charge in [-0.1, -0.05) is 6.07 Å². The van der Waals surface area contributed by atoms with E-state index < -0.39 is 23.7 Å². The second kappa shape index (κ2) is 9.09. The van der Waals surface area contributed by atoms with E-state index in [1.807, 2.05) is 0 Å². The van der Waals surface area contributed by atoms with Gasteiger partial charge in [-0.2, -0.15) is 0 Å². The van der Waals surface area contributed by atoms with Crippen LogP contribution >= 0.6 is 0 Å². The van der Waals surface area contributed by atoms with Crippen molar-refractivity contribution in [2.45, 2.75) is 39.3 Å². The van der Waals surface area contributed by atoms with Gasteiger partial charge < -0.3 is 28.7 Å². The molecule has 4 rings (SSSR count). The van der Waals surface area contributed by atoms with Crippen LogP contribution in [0.4, 0.5) is 4.79 Å². The molecule has 0 aliphatic carbocycles. The first kappa shape index (κ1) is 23.2. The highest BCUT2D eigenvalue weighted by Crippen LogP contribution is 2.34. The number of hydrogen-bond donors (Lipinski definition) is 1. The third-order valence-electron chi connectivity index (χ3n) is 4.90. The lowest BCUT2D eigenvalue weighted by molar-refractivity contribution is -0.136. The second-order valence-electron chi connectivity index (χ2n) is 8.78. The molecule has 3 aromatic rings. The number of carbonyl (C=O) groups excluding carboxylic acids is 2. The van der Waals surface area contributed by atoms with Crippen molar-refractivity contribution in [2.75, 3.05) is 13.2 Å². The smallest absolute Gasteiger partial charge is 0.408 e. The Morgan fingerprint density at radius 1 is 1.03 bits per heavy atom. The summed E-state index contributed by atoms with van der Waals surface area (Å²) in [5.74, 6) is 0.674. The Balaban J connectivity index is 1.51. The zero-order valence-electron chi connectivity index (χ0n) is 19.3. The molecule has 0 bridgehead atoms. The van der Waals surface area contributed by atoms with E-state index in [0.717, 1.165) is 0 Å². The average molecular weight is 467 g/mol. The number of amides is 1. The molecule has 1 N–H and O–H groups in total. The summed E-state index contributed by atoms with van der Waals surface area (Å²) < 4.78 is 27.3. The Morgan fingerprint density at radius 3 is 2.50 bits per heavy atom. The van der Waals surface area contributed by atoms with E-state index >= 15 is 0 Å². The lowest BCUT2D eigenvalue weighted by Gasteiger charge is -2.21. The monoisotopic (exact) mass is 467 g/mol. The molecule has 34 heavy (non-hydrogen) atoms. The van der Waals surface area contributed by atoms with E-state index in [2.05, 4.69) is 5.32 Å². The lowest BCUT2D eigenvalue weighted by Crippen LogP contribution is -2.43. The van der Waals surface area contributed by atoms with E-state index in [-0.39, 0.29) is 16.8 Å². The molecule has 2 aromatic carbocycles. The molecule has 1 aromatic heterocycles. The summed E-state index contributed by atoms with van der Waals surface area (Å²) in [7, 11) is 0. The summed E-state index contributed by atoms with van der Waals surface area (Å²) in [6, 6.07) is 8.77. The van der Waals surface area contributed by atoms with Gasteiger partial charge in [0.15, 0.2) is 16.9 Å². The molecule has 0 radical (unpaired) electrons. The first-order chi connectivity index (χ1) is 16.1. The van der Waals surface area contributed by atoms with Crippen LogP contribution in [-0.4, -0.2) is 36.9 Å². The predicted molar refractivity (Wildman–Crippen MR) is 123 cm³/mol. The standard InChI is InChI=1S/C25H25NO8/c1-14(26-24(29)34-25(2,3)4)23(28)33-16-6-7-17-20(12-16)32-13-18(22(17)27)15-5-8-19-21(11-15)31-10-9-30-19/h5-8,11-14H,9-10H2,1-4H3,(H,26,29)/t14-/m1/s1. The Bertz CT molecular complexity index is 1300. The van der Waals surface area contributed by atoms with Gasteiger partial charge in [0, 0.05) is 6.07 Å². The van der Waals surface area contributed by atoms with E-state index in [1.165, 1.54) is 31.4 Å². The van der Waals surface area contributed by atoms with Crippen molar-refractivity contribution in [3.8, 4) is 28.4 Å². The van der Waals surface area contributed by atoms with Crippen LogP contribution in [0.1, 0.15) is 27.7 Å². The maximum atomic E-state index is 13.1. The molecule has 0 saturated carbocycles. The number of benzene rings is 2. The van der Waals surface area contributed by atoms with Crippen molar-refractivity contribution in [2.24, 2.45) is 0 Å². The number of fused-ring (bicyclic) bond motifs is 2. The number of carbonyl (C=O) groups is 2. The zero-order valence-corrected chi connectivity index (χ0v) is 19.3. The first-order valence-corrected chi connectivity index (χ1v) is 10.8. The first-order valence-electron chi connectivity index (χ1n) is 10.8. The van der Waals surface area contributed by atoms with Crippen LogP contribution in [0.5, 0.6) is 17.2 Å². The van der Waals surface area contributed by atoms with Gasteiger partial charge in [-0.15, -0.1) is 0 Å². The number of alkyl carbamates (subject to hydrolysis) is 1. The number of ether oxygens (including phenoxy) is 4. The van der Waals surface area contributed by atoms with Gasteiger partial charge >= 0.3 is 12.1 Å². The quantitative estimate of drug-likeness (QED) is 0.452. The Labute approximate surface area is 195 Å². The van der Waals surface area contributed by atoms with Gasteiger partial charge in [0.05, 0.1) is 10.9 Å². The maximum absolute atomic E-state index is 13.1. The summed E-state index contributed by atoms with van der Waals surface area (Å²) in [5, 5.41) is 2.75. The second-order valence-corrected chi connectivity index (χ2v) is 8.78. The molecule has 0 fully saturated rings. The molecular formula is C25H25NO8. The lowest BCUT2D eigenvalue weighted by atomic mass is 10.0. The fourth-order valence-corrected chi connectivity index (χ4v) is 3.33. The normalized spacial score (nSPS) is 13.8. The fourth-order valence-electron chi connectivity index (χ4n) is 3.33. The summed E-state index contributed by atoms with van der Waals surface area (Å²) in [6.07, 6.45) is 0.627. The van der Waals surface area contributed by atoms with Gasteiger partial charge in [-0.05, 0) is 57.5 Å². The molecular weight excluding hydrogens is 442 g/mol.